The third kappa shape index (κ3) is 3.04. The van der Waals surface area contributed by atoms with Crippen LogP contribution in [-0.4, -0.2) is 57.3 Å². The Bertz CT molecular complexity index is 1200. The van der Waals surface area contributed by atoms with E-state index in [-0.39, 0.29) is 5.82 Å². The molecule has 4 heterocycles. The lowest BCUT2D eigenvalue weighted by Gasteiger charge is -2.37. The molecule has 2 aromatic carbocycles. The summed E-state index contributed by atoms with van der Waals surface area (Å²) in [5.41, 5.74) is 4.55. The molecule has 0 bridgehead atoms. The van der Waals surface area contributed by atoms with Crippen LogP contribution in [0.4, 0.5) is 10.1 Å². The molecule has 0 aliphatic carbocycles. The van der Waals surface area contributed by atoms with E-state index in [1.54, 1.807) is 6.07 Å². The number of likely N-dealkylation sites (tertiary alicyclic amines) is 1. The lowest BCUT2D eigenvalue weighted by molar-refractivity contribution is 0.208. The lowest BCUT2D eigenvalue weighted by Crippen LogP contribution is -2.43. The number of hydrogen-bond acceptors (Lipinski definition) is 4. The van der Waals surface area contributed by atoms with Crippen LogP contribution in [0, 0.1) is 5.82 Å². The molecule has 2 aliphatic rings. The first-order chi connectivity index (χ1) is 14.7. The lowest BCUT2D eigenvalue weighted by atomic mass is 10.0. The SMILES string of the molecule is Fc1ccc2c(-c3nc4ccc(N5CCC(N6CCCC6)CC5)cc4[nH]3)n[nH]c2c1. The van der Waals surface area contributed by atoms with Gasteiger partial charge < -0.3 is 14.8 Å². The molecular weight excluding hydrogens is 379 g/mol. The number of rotatable bonds is 3. The summed E-state index contributed by atoms with van der Waals surface area (Å²) in [6, 6.07) is 11.8. The minimum absolute atomic E-state index is 0.277. The normalized spacial score (nSPS) is 18.8. The Morgan fingerprint density at radius 1 is 0.933 bits per heavy atom. The highest BCUT2D eigenvalue weighted by Crippen LogP contribution is 2.30. The number of halogens is 1. The fourth-order valence-corrected chi connectivity index (χ4v) is 5.07. The maximum absolute atomic E-state index is 13.5. The summed E-state index contributed by atoms with van der Waals surface area (Å²) in [4.78, 5) is 13.3. The van der Waals surface area contributed by atoms with Crippen molar-refractivity contribution in [1.29, 1.82) is 0 Å². The van der Waals surface area contributed by atoms with Gasteiger partial charge in [0.2, 0.25) is 0 Å². The summed E-state index contributed by atoms with van der Waals surface area (Å²) in [6.45, 7) is 4.76. The summed E-state index contributed by atoms with van der Waals surface area (Å²) < 4.78 is 13.5. The molecule has 6 nitrogen and oxygen atoms in total. The Hall–Kier alpha value is -2.93. The molecule has 0 amide bonds. The summed E-state index contributed by atoms with van der Waals surface area (Å²) in [5.74, 6) is 0.424. The molecule has 7 heteroatoms. The van der Waals surface area contributed by atoms with Gasteiger partial charge >= 0.3 is 0 Å². The number of aromatic amines is 2. The zero-order valence-electron chi connectivity index (χ0n) is 16.9. The molecule has 2 N–H and O–H groups in total. The molecule has 0 unspecified atom stereocenters. The first kappa shape index (κ1) is 17.9. The average Bonchev–Trinajstić information content (AvgIpc) is 3.51. The topological polar surface area (TPSA) is 63.8 Å². The van der Waals surface area contributed by atoms with Gasteiger partial charge in [-0.25, -0.2) is 9.37 Å². The van der Waals surface area contributed by atoms with Crippen LogP contribution in [0.3, 0.4) is 0 Å². The minimum atomic E-state index is -0.277. The van der Waals surface area contributed by atoms with Crippen molar-refractivity contribution in [3.8, 4) is 11.5 Å². The largest absolute Gasteiger partial charge is 0.371 e. The Labute approximate surface area is 174 Å². The van der Waals surface area contributed by atoms with Gasteiger partial charge in [-0.15, -0.1) is 0 Å². The highest BCUT2D eigenvalue weighted by Gasteiger charge is 2.26. The standard InChI is InChI=1S/C23H25FN6/c24-15-3-5-18-20(13-15)27-28-22(18)23-25-19-6-4-17(14-21(19)26-23)30-11-7-16(8-12-30)29-9-1-2-10-29/h3-6,13-14,16H,1-2,7-12H2,(H,25,26)(H,27,28). The quantitative estimate of drug-likeness (QED) is 0.534. The van der Waals surface area contributed by atoms with Gasteiger partial charge in [0.25, 0.3) is 0 Å². The number of nitrogens with zero attached hydrogens (tertiary/aromatic N) is 4. The summed E-state index contributed by atoms with van der Waals surface area (Å²) in [7, 11) is 0. The van der Waals surface area contributed by atoms with Gasteiger partial charge in [0, 0.05) is 30.2 Å². The van der Waals surface area contributed by atoms with Crippen LogP contribution in [-0.2, 0) is 0 Å². The van der Waals surface area contributed by atoms with Crippen molar-refractivity contribution < 1.29 is 4.39 Å². The highest BCUT2D eigenvalue weighted by atomic mass is 19.1. The Morgan fingerprint density at radius 2 is 1.77 bits per heavy atom. The predicted molar refractivity (Wildman–Crippen MR) is 117 cm³/mol. The number of nitrogens with one attached hydrogen (secondary N) is 2. The number of benzene rings is 2. The molecule has 2 aliphatic heterocycles. The smallest absolute Gasteiger partial charge is 0.159 e. The highest BCUT2D eigenvalue weighted by molar-refractivity contribution is 5.93. The van der Waals surface area contributed by atoms with Crippen LogP contribution >= 0.6 is 0 Å². The maximum Gasteiger partial charge on any atom is 0.159 e. The molecule has 2 fully saturated rings. The monoisotopic (exact) mass is 404 g/mol. The second kappa shape index (κ2) is 7.09. The number of H-pyrrole nitrogens is 2. The second-order valence-corrected chi connectivity index (χ2v) is 8.51. The number of fused-ring (bicyclic) bond motifs is 2. The van der Waals surface area contributed by atoms with Gasteiger partial charge in [-0.05, 0) is 75.2 Å². The van der Waals surface area contributed by atoms with E-state index in [0.29, 0.717) is 17.0 Å². The van der Waals surface area contributed by atoms with Gasteiger partial charge in [-0.3, -0.25) is 5.10 Å². The van der Waals surface area contributed by atoms with Crippen molar-refractivity contribution in [3.05, 3.63) is 42.2 Å². The summed E-state index contributed by atoms with van der Waals surface area (Å²) >= 11 is 0. The van der Waals surface area contributed by atoms with Crippen LogP contribution in [0.5, 0.6) is 0 Å². The molecule has 6 rings (SSSR count). The second-order valence-electron chi connectivity index (χ2n) is 8.51. The van der Waals surface area contributed by atoms with Crippen molar-refractivity contribution in [1.82, 2.24) is 25.1 Å². The van der Waals surface area contributed by atoms with Crippen LogP contribution in [0.25, 0.3) is 33.5 Å². The molecule has 30 heavy (non-hydrogen) atoms. The number of aromatic nitrogens is 4. The molecule has 2 saturated heterocycles. The van der Waals surface area contributed by atoms with E-state index in [0.717, 1.165) is 35.6 Å². The van der Waals surface area contributed by atoms with E-state index in [1.165, 1.54) is 56.6 Å². The Morgan fingerprint density at radius 3 is 2.60 bits per heavy atom. The molecule has 0 atom stereocenters. The van der Waals surface area contributed by atoms with E-state index >= 15 is 0 Å². The Kier molecular flexibility index (Phi) is 4.23. The molecule has 0 radical (unpaired) electrons. The van der Waals surface area contributed by atoms with Crippen molar-refractivity contribution in [2.75, 3.05) is 31.1 Å². The predicted octanol–water partition coefficient (Wildman–Crippen LogP) is 4.31. The van der Waals surface area contributed by atoms with E-state index in [9.17, 15) is 4.39 Å². The molecule has 4 aromatic rings. The van der Waals surface area contributed by atoms with E-state index in [2.05, 4.69) is 43.2 Å². The molecule has 0 saturated carbocycles. The first-order valence-electron chi connectivity index (χ1n) is 10.9. The molecule has 2 aromatic heterocycles. The average molecular weight is 404 g/mol. The summed E-state index contributed by atoms with van der Waals surface area (Å²) in [5, 5.41) is 8.12. The van der Waals surface area contributed by atoms with Gasteiger partial charge in [-0.1, -0.05) is 0 Å². The van der Waals surface area contributed by atoms with E-state index in [1.807, 2.05) is 0 Å². The van der Waals surface area contributed by atoms with E-state index < -0.39 is 0 Å². The van der Waals surface area contributed by atoms with Gasteiger partial charge in [0.15, 0.2) is 5.82 Å². The maximum atomic E-state index is 13.5. The number of piperidine rings is 1. The third-order valence-corrected chi connectivity index (χ3v) is 6.70. The fourth-order valence-electron chi connectivity index (χ4n) is 5.07. The van der Waals surface area contributed by atoms with Crippen LogP contribution in [0.2, 0.25) is 0 Å². The fraction of sp³-hybridized carbons (Fsp3) is 0.391. The van der Waals surface area contributed by atoms with Gasteiger partial charge in [0.1, 0.15) is 11.5 Å². The Balaban J connectivity index is 1.25. The van der Waals surface area contributed by atoms with Crippen molar-refractivity contribution in [3.63, 3.8) is 0 Å². The zero-order valence-corrected chi connectivity index (χ0v) is 16.9. The van der Waals surface area contributed by atoms with Crippen LogP contribution < -0.4 is 4.90 Å². The van der Waals surface area contributed by atoms with Gasteiger partial charge in [0.05, 0.1) is 16.6 Å². The van der Waals surface area contributed by atoms with Gasteiger partial charge in [-0.2, -0.15) is 5.10 Å². The molecule has 154 valence electrons. The number of anilines is 1. The molecule has 0 spiro atoms. The first-order valence-corrected chi connectivity index (χ1v) is 10.9. The van der Waals surface area contributed by atoms with Crippen LogP contribution in [0.1, 0.15) is 25.7 Å². The van der Waals surface area contributed by atoms with Crippen molar-refractivity contribution in [2.24, 2.45) is 0 Å². The third-order valence-electron chi connectivity index (χ3n) is 6.70. The number of hydrogen-bond donors (Lipinski definition) is 2. The zero-order chi connectivity index (χ0) is 20.1. The number of imidazole rings is 1. The molecular formula is C23H25FN6. The van der Waals surface area contributed by atoms with Crippen molar-refractivity contribution >= 4 is 27.6 Å². The minimum Gasteiger partial charge on any atom is -0.371 e. The summed E-state index contributed by atoms with van der Waals surface area (Å²) in [6.07, 6.45) is 5.20. The van der Waals surface area contributed by atoms with Crippen LogP contribution in [0.15, 0.2) is 36.4 Å². The van der Waals surface area contributed by atoms with E-state index in [4.69, 9.17) is 4.98 Å². The van der Waals surface area contributed by atoms with Crippen molar-refractivity contribution in [2.45, 2.75) is 31.7 Å².